The molecule has 1 aromatic heterocycles. The minimum absolute atomic E-state index is 0.0360. The number of anilines is 1. The number of nitrogens with one attached hydrogen (secondary N) is 1. The number of benzene rings is 3. The third-order valence-electron chi connectivity index (χ3n) is 6.05. The number of nitrogens with zero attached hydrogens (tertiary/aromatic N) is 3. The summed E-state index contributed by atoms with van der Waals surface area (Å²) in [4.78, 5) is 20.3. The van der Waals surface area contributed by atoms with Gasteiger partial charge in [-0.3, -0.25) is 14.3 Å². The van der Waals surface area contributed by atoms with Crippen molar-refractivity contribution in [3.8, 4) is 5.69 Å². The quantitative estimate of drug-likeness (QED) is 0.303. The summed E-state index contributed by atoms with van der Waals surface area (Å²) >= 11 is 7.04. The first-order valence-corrected chi connectivity index (χ1v) is 12.7. The SMILES string of the molecule is O=C(Nc1ccc(Br)cc1)[C@H]1CCCN(Cc2nc3ccccc3n2-c2cccc(Br)c2)C1. The van der Waals surface area contributed by atoms with Crippen LogP contribution >= 0.6 is 31.9 Å². The number of piperidine rings is 1. The first-order valence-electron chi connectivity index (χ1n) is 11.1. The lowest BCUT2D eigenvalue weighted by atomic mass is 9.97. The number of rotatable bonds is 5. The molecular weight excluding hydrogens is 544 g/mol. The van der Waals surface area contributed by atoms with Gasteiger partial charge >= 0.3 is 0 Å². The number of hydrogen-bond donors (Lipinski definition) is 1. The lowest BCUT2D eigenvalue weighted by Crippen LogP contribution is -2.40. The largest absolute Gasteiger partial charge is 0.326 e. The van der Waals surface area contributed by atoms with E-state index in [-0.39, 0.29) is 11.8 Å². The Balaban J connectivity index is 1.37. The molecule has 5 nitrogen and oxygen atoms in total. The summed E-state index contributed by atoms with van der Waals surface area (Å²) in [5.41, 5.74) is 3.98. The Labute approximate surface area is 210 Å². The predicted molar refractivity (Wildman–Crippen MR) is 140 cm³/mol. The molecule has 3 aromatic carbocycles. The van der Waals surface area contributed by atoms with Gasteiger partial charge < -0.3 is 5.32 Å². The van der Waals surface area contributed by atoms with Gasteiger partial charge in [-0.05, 0) is 74.0 Å². The van der Waals surface area contributed by atoms with Gasteiger partial charge in [0, 0.05) is 26.9 Å². The Bertz CT molecular complexity index is 1290. The van der Waals surface area contributed by atoms with E-state index in [1.54, 1.807) is 0 Å². The molecule has 1 amide bonds. The van der Waals surface area contributed by atoms with Gasteiger partial charge in [-0.2, -0.15) is 0 Å². The average molecular weight is 568 g/mol. The number of imidazole rings is 1. The number of amides is 1. The van der Waals surface area contributed by atoms with Crippen LogP contribution in [0.2, 0.25) is 0 Å². The number of halogens is 2. The van der Waals surface area contributed by atoms with Gasteiger partial charge in [0.2, 0.25) is 5.91 Å². The molecule has 0 aliphatic carbocycles. The Morgan fingerprint density at radius 1 is 1.00 bits per heavy atom. The van der Waals surface area contributed by atoms with Crippen molar-refractivity contribution in [3.63, 3.8) is 0 Å². The van der Waals surface area contributed by atoms with Crippen LogP contribution in [0.1, 0.15) is 18.7 Å². The van der Waals surface area contributed by atoms with E-state index >= 15 is 0 Å². The smallest absolute Gasteiger partial charge is 0.228 e. The first-order chi connectivity index (χ1) is 16.1. The monoisotopic (exact) mass is 566 g/mol. The molecule has 0 saturated carbocycles. The van der Waals surface area contributed by atoms with Crippen molar-refractivity contribution >= 4 is 54.5 Å². The van der Waals surface area contributed by atoms with Crippen LogP contribution in [-0.2, 0) is 11.3 Å². The summed E-state index contributed by atoms with van der Waals surface area (Å²) in [6.45, 7) is 2.39. The van der Waals surface area contributed by atoms with E-state index in [9.17, 15) is 4.79 Å². The minimum atomic E-state index is -0.0360. The van der Waals surface area contributed by atoms with E-state index < -0.39 is 0 Å². The Hall–Kier alpha value is -2.48. The van der Waals surface area contributed by atoms with Crippen LogP contribution in [0.25, 0.3) is 16.7 Å². The van der Waals surface area contributed by atoms with E-state index in [1.807, 2.05) is 48.5 Å². The fourth-order valence-corrected chi connectivity index (χ4v) is 5.13. The summed E-state index contributed by atoms with van der Waals surface area (Å²) < 4.78 is 4.26. The highest BCUT2D eigenvalue weighted by atomic mass is 79.9. The summed E-state index contributed by atoms with van der Waals surface area (Å²) in [5.74, 6) is 1.04. The van der Waals surface area contributed by atoms with Crippen molar-refractivity contribution in [2.75, 3.05) is 18.4 Å². The third kappa shape index (κ3) is 5.05. The summed E-state index contributed by atoms with van der Waals surface area (Å²) in [6, 6.07) is 24.2. The molecule has 1 fully saturated rings. The van der Waals surface area contributed by atoms with Crippen molar-refractivity contribution in [2.24, 2.45) is 5.92 Å². The second-order valence-corrected chi connectivity index (χ2v) is 10.2. The van der Waals surface area contributed by atoms with Crippen LogP contribution in [-0.4, -0.2) is 33.4 Å². The molecule has 1 N–H and O–H groups in total. The fraction of sp³-hybridized carbons (Fsp3) is 0.231. The second kappa shape index (κ2) is 9.79. The minimum Gasteiger partial charge on any atom is -0.326 e. The molecule has 0 spiro atoms. The second-order valence-electron chi connectivity index (χ2n) is 8.40. The molecule has 1 saturated heterocycles. The zero-order valence-electron chi connectivity index (χ0n) is 18.0. The molecule has 1 aliphatic heterocycles. The van der Waals surface area contributed by atoms with E-state index in [0.717, 1.165) is 63.1 Å². The maximum atomic E-state index is 12.9. The van der Waals surface area contributed by atoms with Gasteiger partial charge in [0.1, 0.15) is 5.82 Å². The molecule has 0 bridgehead atoms. The average Bonchev–Trinajstić information content (AvgIpc) is 3.18. The molecular formula is C26H24Br2N4O. The van der Waals surface area contributed by atoms with E-state index in [2.05, 4.69) is 70.9 Å². The molecule has 0 unspecified atom stereocenters. The number of para-hydroxylation sites is 2. The van der Waals surface area contributed by atoms with Crippen LogP contribution in [0, 0.1) is 5.92 Å². The van der Waals surface area contributed by atoms with Gasteiger partial charge in [0.15, 0.2) is 0 Å². The summed E-state index contributed by atoms with van der Waals surface area (Å²) in [5, 5.41) is 3.08. The van der Waals surface area contributed by atoms with Crippen molar-refractivity contribution in [2.45, 2.75) is 19.4 Å². The topological polar surface area (TPSA) is 50.2 Å². The van der Waals surface area contributed by atoms with Crippen LogP contribution in [0.4, 0.5) is 5.69 Å². The van der Waals surface area contributed by atoms with E-state index in [0.29, 0.717) is 6.54 Å². The van der Waals surface area contributed by atoms with Crippen LogP contribution in [0.3, 0.4) is 0 Å². The maximum Gasteiger partial charge on any atom is 0.228 e. The summed E-state index contributed by atoms with van der Waals surface area (Å²) in [6.07, 6.45) is 1.90. The van der Waals surface area contributed by atoms with E-state index in [1.165, 1.54) is 0 Å². The van der Waals surface area contributed by atoms with Crippen LogP contribution in [0.5, 0.6) is 0 Å². The van der Waals surface area contributed by atoms with Crippen molar-refractivity contribution < 1.29 is 4.79 Å². The first kappa shape index (κ1) is 22.3. The number of carbonyl (C=O) groups is 1. The highest BCUT2D eigenvalue weighted by molar-refractivity contribution is 9.10. The Morgan fingerprint density at radius 2 is 1.82 bits per heavy atom. The number of likely N-dealkylation sites (tertiary alicyclic amines) is 1. The molecule has 0 radical (unpaired) electrons. The molecule has 5 rings (SSSR count). The predicted octanol–water partition coefficient (Wildman–Crippen LogP) is 6.40. The van der Waals surface area contributed by atoms with Gasteiger partial charge in [-0.15, -0.1) is 0 Å². The van der Waals surface area contributed by atoms with Crippen molar-refractivity contribution in [3.05, 3.63) is 87.6 Å². The third-order valence-corrected chi connectivity index (χ3v) is 7.07. The zero-order chi connectivity index (χ0) is 22.8. The zero-order valence-corrected chi connectivity index (χ0v) is 21.2. The van der Waals surface area contributed by atoms with Gasteiger partial charge in [-0.1, -0.05) is 50.1 Å². The van der Waals surface area contributed by atoms with Crippen LogP contribution in [0.15, 0.2) is 81.7 Å². The Morgan fingerprint density at radius 3 is 2.64 bits per heavy atom. The normalized spacial score (nSPS) is 16.7. The molecule has 2 heterocycles. The molecule has 7 heteroatoms. The van der Waals surface area contributed by atoms with Gasteiger partial charge in [0.05, 0.1) is 23.5 Å². The summed E-state index contributed by atoms with van der Waals surface area (Å²) in [7, 11) is 0. The number of carbonyl (C=O) groups excluding carboxylic acids is 1. The van der Waals surface area contributed by atoms with Crippen LogP contribution < -0.4 is 5.32 Å². The molecule has 168 valence electrons. The van der Waals surface area contributed by atoms with Gasteiger partial charge in [0.25, 0.3) is 0 Å². The highest BCUT2D eigenvalue weighted by Gasteiger charge is 2.27. The fourth-order valence-electron chi connectivity index (χ4n) is 4.48. The van der Waals surface area contributed by atoms with E-state index in [4.69, 9.17) is 4.98 Å². The standard InChI is InChI=1S/C26H24Br2N4O/c27-19-10-12-21(13-11-19)29-26(33)18-5-4-14-31(16-18)17-25-30-23-8-1-2-9-24(23)32(25)22-7-3-6-20(28)15-22/h1-3,6-13,15,18H,4-5,14,16-17H2,(H,29,33)/t18-/m0/s1. The van der Waals surface area contributed by atoms with Gasteiger partial charge in [-0.25, -0.2) is 4.98 Å². The molecule has 4 aromatic rings. The Kier molecular flexibility index (Phi) is 6.62. The lowest BCUT2D eigenvalue weighted by Gasteiger charge is -2.31. The molecule has 33 heavy (non-hydrogen) atoms. The lowest BCUT2D eigenvalue weighted by molar-refractivity contribution is -0.121. The van der Waals surface area contributed by atoms with Crippen molar-refractivity contribution in [1.82, 2.24) is 14.5 Å². The maximum absolute atomic E-state index is 12.9. The molecule has 1 aliphatic rings. The highest BCUT2D eigenvalue weighted by Crippen LogP contribution is 2.26. The number of aromatic nitrogens is 2. The number of hydrogen-bond acceptors (Lipinski definition) is 3. The number of fused-ring (bicyclic) bond motifs is 1. The molecule has 1 atom stereocenters. The van der Waals surface area contributed by atoms with Crippen molar-refractivity contribution in [1.29, 1.82) is 0 Å².